The van der Waals surface area contributed by atoms with Crippen LogP contribution in [0.3, 0.4) is 0 Å². The average Bonchev–Trinajstić information content (AvgIpc) is 2.91. The Labute approximate surface area is 120 Å². The van der Waals surface area contributed by atoms with Gasteiger partial charge in [-0.2, -0.15) is 0 Å². The van der Waals surface area contributed by atoms with E-state index in [1.54, 1.807) is 0 Å². The molecule has 0 aliphatic carbocycles. The summed E-state index contributed by atoms with van der Waals surface area (Å²) in [6, 6.07) is 5.76. The molecule has 1 aromatic carbocycles. The highest BCUT2D eigenvalue weighted by atomic mass is 35.5. The van der Waals surface area contributed by atoms with E-state index in [9.17, 15) is 0 Å². The van der Waals surface area contributed by atoms with Gasteiger partial charge in [-0.3, -0.25) is 0 Å². The number of halogens is 1. The zero-order valence-corrected chi connectivity index (χ0v) is 12.0. The van der Waals surface area contributed by atoms with Gasteiger partial charge in [-0.25, -0.2) is 0 Å². The van der Waals surface area contributed by atoms with E-state index in [0.717, 1.165) is 42.2 Å². The fourth-order valence-electron chi connectivity index (χ4n) is 2.43. The van der Waals surface area contributed by atoms with E-state index in [0.29, 0.717) is 19.3 Å². The molecular weight excluding hydrogens is 262 g/mol. The quantitative estimate of drug-likeness (QED) is 0.782. The fourth-order valence-corrected chi connectivity index (χ4v) is 2.69. The smallest absolute Gasteiger partial charge is 0.124 e. The van der Waals surface area contributed by atoms with Gasteiger partial charge in [0.05, 0.1) is 12.7 Å². The summed E-state index contributed by atoms with van der Waals surface area (Å²) in [4.78, 5) is 0. The lowest BCUT2D eigenvalue weighted by molar-refractivity contribution is 0.0981. The molecule has 0 spiro atoms. The Bertz CT molecular complexity index is 392. The topological polar surface area (TPSA) is 44.5 Å². The molecule has 1 aliphatic rings. The SMILES string of the molecule is NCCc1c(Cl)cccc1OCCCC1CCCO1. The lowest BCUT2D eigenvalue weighted by Gasteiger charge is -2.13. The molecule has 0 saturated carbocycles. The summed E-state index contributed by atoms with van der Waals surface area (Å²) < 4.78 is 11.4. The normalized spacial score (nSPS) is 18.7. The molecule has 1 aromatic rings. The Hall–Kier alpha value is -0.770. The second-order valence-electron chi connectivity index (χ2n) is 4.88. The van der Waals surface area contributed by atoms with Crippen LogP contribution in [0.15, 0.2) is 18.2 Å². The molecule has 1 fully saturated rings. The maximum absolute atomic E-state index is 6.17. The van der Waals surface area contributed by atoms with E-state index in [4.69, 9.17) is 26.8 Å². The Morgan fingerprint density at radius 1 is 1.42 bits per heavy atom. The number of rotatable bonds is 7. The number of nitrogens with two attached hydrogens (primary N) is 1. The molecule has 0 radical (unpaired) electrons. The summed E-state index contributed by atoms with van der Waals surface area (Å²) in [7, 11) is 0. The van der Waals surface area contributed by atoms with Gasteiger partial charge in [-0.1, -0.05) is 17.7 Å². The van der Waals surface area contributed by atoms with Gasteiger partial charge in [0.2, 0.25) is 0 Å². The van der Waals surface area contributed by atoms with Crippen LogP contribution in [0, 0.1) is 0 Å². The van der Waals surface area contributed by atoms with Crippen molar-refractivity contribution < 1.29 is 9.47 Å². The van der Waals surface area contributed by atoms with Crippen molar-refractivity contribution in [1.82, 2.24) is 0 Å². The summed E-state index contributed by atoms with van der Waals surface area (Å²) in [6.07, 6.45) is 5.66. The lowest BCUT2D eigenvalue weighted by atomic mass is 10.1. The van der Waals surface area contributed by atoms with Gasteiger partial charge in [-0.15, -0.1) is 0 Å². The maximum atomic E-state index is 6.17. The lowest BCUT2D eigenvalue weighted by Crippen LogP contribution is -2.09. The largest absolute Gasteiger partial charge is 0.493 e. The van der Waals surface area contributed by atoms with Gasteiger partial charge in [-0.05, 0) is 50.8 Å². The van der Waals surface area contributed by atoms with Crippen molar-refractivity contribution in [3.8, 4) is 5.75 Å². The van der Waals surface area contributed by atoms with E-state index in [1.807, 2.05) is 18.2 Å². The Morgan fingerprint density at radius 3 is 3.05 bits per heavy atom. The van der Waals surface area contributed by atoms with Crippen molar-refractivity contribution in [3.63, 3.8) is 0 Å². The van der Waals surface area contributed by atoms with Crippen LogP contribution in [-0.2, 0) is 11.2 Å². The van der Waals surface area contributed by atoms with Crippen LogP contribution in [0.25, 0.3) is 0 Å². The second kappa shape index (κ2) is 7.73. The molecule has 0 bridgehead atoms. The molecule has 1 aliphatic heterocycles. The first-order valence-corrected chi connectivity index (χ1v) is 7.41. The van der Waals surface area contributed by atoms with Gasteiger partial charge in [0.15, 0.2) is 0 Å². The van der Waals surface area contributed by atoms with Crippen molar-refractivity contribution in [3.05, 3.63) is 28.8 Å². The Kier molecular flexibility index (Phi) is 5.95. The first-order chi connectivity index (χ1) is 9.31. The number of hydrogen-bond donors (Lipinski definition) is 1. The van der Waals surface area contributed by atoms with E-state index in [1.165, 1.54) is 12.8 Å². The van der Waals surface area contributed by atoms with E-state index in [-0.39, 0.29) is 0 Å². The first kappa shape index (κ1) is 14.6. The van der Waals surface area contributed by atoms with E-state index >= 15 is 0 Å². The fraction of sp³-hybridized carbons (Fsp3) is 0.600. The predicted molar refractivity (Wildman–Crippen MR) is 77.9 cm³/mol. The molecule has 2 rings (SSSR count). The third kappa shape index (κ3) is 4.37. The van der Waals surface area contributed by atoms with Crippen LogP contribution in [-0.4, -0.2) is 25.9 Å². The van der Waals surface area contributed by atoms with Gasteiger partial charge in [0.25, 0.3) is 0 Å². The Balaban J connectivity index is 1.79. The molecule has 106 valence electrons. The second-order valence-corrected chi connectivity index (χ2v) is 5.29. The summed E-state index contributed by atoms with van der Waals surface area (Å²) in [6.45, 7) is 2.20. The van der Waals surface area contributed by atoms with Crippen LogP contribution in [0.4, 0.5) is 0 Å². The van der Waals surface area contributed by atoms with Crippen LogP contribution in [0.2, 0.25) is 5.02 Å². The summed E-state index contributed by atoms with van der Waals surface area (Å²) in [5.41, 5.74) is 6.62. The van der Waals surface area contributed by atoms with Crippen molar-refractivity contribution in [2.24, 2.45) is 5.73 Å². The third-order valence-corrected chi connectivity index (χ3v) is 3.78. The molecule has 19 heavy (non-hydrogen) atoms. The zero-order chi connectivity index (χ0) is 13.5. The molecule has 1 saturated heterocycles. The molecule has 3 nitrogen and oxygen atoms in total. The number of hydrogen-bond acceptors (Lipinski definition) is 3. The minimum Gasteiger partial charge on any atom is -0.493 e. The summed E-state index contributed by atoms with van der Waals surface area (Å²) >= 11 is 6.17. The highest BCUT2D eigenvalue weighted by Crippen LogP contribution is 2.27. The van der Waals surface area contributed by atoms with Gasteiger partial charge in [0, 0.05) is 17.2 Å². The van der Waals surface area contributed by atoms with Crippen LogP contribution in [0.5, 0.6) is 5.75 Å². The van der Waals surface area contributed by atoms with Crippen LogP contribution >= 0.6 is 11.6 Å². The zero-order valence-electron chi connectivity index (χ0n) is 11.2. The van der Waals surface area contributed by atoms with Crippen LogP contribution < -0.4 is 10.5 Å². The summed E-state index contributed by atoms with van der Waals surface area (Å²) in [5.74, 6) is 0.866. The first-order valence-electron chi connectivity index (χ1n) is 7.03. The monoisotopic (exact) mass is 283 g/mol. The summed E-state index contributed by atoms with van der Waals surface area (Å²) in [5, 5.41) is 0.738. The minimum atomic E-state index is 0.437. The van der Waals surface area contributed by atoms with Crippen LogP contribution in [0.1, 0.15) is 31.2 Å². The van der Waals surface area contributed by atoms with Crippen molar-refractivity contribution in [2.75, 3.05) is 19.8 Å². The highest BCUT2D eigenvalue weighted by Gasteiger charge is 2.15. The highest BCUT2D eigenvalue weighted by molar-refractivity contribution is 6.31. The van der Waals surface area contributed by atoms with Crippen molar-refractivity contribution >= 4 is 11.6 Å². The molecule has 1 heterocycles. The maximum Gasteiger partial charge on any atom is 0.124 e. The molecule has 0 aromatic heterocycles. The van der Waals surface area contributed by atoms with Gasteiger partial charge < -0.3 is 15.2 Å². The van der Waals surface area contributed by atoms with Crippen molar-refractivity contribution in [2.45, 2.75) is 38.2 Å². The number of benzene rings is 1. The predicted octanol–water partition coefficient (Wildman–Crippen LogP) is 3.18. The van der Waals surface area contributed by atoms with Gasteiger partial charge >= 0.3 is 0 Å². The molecule has 4 heteroatoms. The molecule has 1 atom stereocenters. The van der Waals surface area contributed by atoms with Gasteiger partial charge in [0.1, 0.15) is 5.75 Å². The Morgan fingerprint density at radius 2 is 2.32 bits per heavy atom. The third-order valence-electron chi connectivity index (χ3n) is 3.42. The van der Waals surface area contributed by atoms with E-state index in [2.05, 4.69) is 0 Å². The standard InChI is InChI=1S/C15H22ClNO2/c16-14-6-1-7-15(13(14)8-9-17)19-11-3-5-12-4-2-10-18-12/h1,6-7,12H,2-5,8-11,17H2. The van der Waals surface area contributed by atoms with E-state index < -0.39 is 0 Å². The number of ether oxygens (including phenoxy) is 2. The molecular formula is C15H22ClNO2. The van der Waals surface area contributed by atoms with Crippen molar-refractivity contribution in [1.29, 1.82) is 0 Å². The average molecular weight is 284 g/mol. The molecule has 1 unspecified atom stereocenters. The molecule has 0 amide bonds. The minimum absolute atomic E-state index is 0.437. The molecule has 2 N–H and O–H groups in total.